The van der Waals surface area contributed by atoms with Gasteiger partial charge in [0, 0.05) is 0 Å². The second kappa shape index (κ2) is 13.5. The van der Waals surface area contributed by atoms with Gasteiger partial charge in [0.1, 0.15) is 23.0 Å². The summed E-state index contributed by atoms with van der Waals surface area (Å²) < 4.78 is 40.9. The Bertz CT molecular complexity index is 1330. The minimum atomic E-state index is -0.508. The molecule has 0 fully saturated rings. The van der Waals surface area contributed by atoms with Crippen LogP contribution in [0, 0.1) is 0 Å². The molecule has 0 amide bonds. The van der Waals surface area contributed by atoms with Crippen molar-refractivity contribution < 1.29 is 32.6 Å². The van der Waals surface area contributed by atoms with Crippen LogP contribution in [-0.2, 0) is 12.8 Å². The first kappa shape index (κ1) is 27.0. The zero-order chi connectivity index (χ0) is 27.5. The smallest absolute Gasteiger partial charge is 0.343 e. The van der Waals surface area contributed by atoms with Crippen molar-refractivity contribution in [1.82, 2.24) is 0 Å². The molecule has 0 bridgehead atoms. The molecule has 0 spiro atoms. The summed E-state index contributed by atoms with van der Waals surface area (Å²) in [5.41, 5.74) is 2.52. The number of rotatable bonds is 10. The van der Waals surface area contributed by atoms with Crippen molar-refractivity contribution in [3.05, 3.63) is 144 Å². The maximum atomic E-state index is 12.4. The predicted octanol–water partition coefficient (Wildman–Crippen LogP) is 7.97. The van der Waals surface area contributed by atoms with Crippen LogP contribution in [0.3, 0.4) is 0 Å². The highest BCUT2D eigenvalue weighted by molar-refractivity contribution is 5.91. The Hall–Kier alpha value is -5.04. The number of ether oxygens (including phenoxy) is 3. The highest BCUT2D eigenvalue weighted by Gasteiger charge is 2.10. The Morgan fingerprint density at radius 1 is 0.513 bits per heavy atom. The first-order valence-electron chi connectivity index (χ1n) is 12.0. The molecule has 0 saturated carbocycles. The third-order valence-electron chi connectivity index (χ3n) is 5.57. The van der Waals surface area contributed by atoms with E-state index >= 15 is 0 Å². The third-order valence-corrected chi connectivity index (χ3v) is 5.57. The van der Waals surface area contributed by atoms with Crippen molar-refractivity contribution in [2.75, 3.05) is 0 Å². The fourth-order valence-electron chi connectivity index (χ4n) is 3.53. The molecule has 4 rings (SSSR count). The van der Waals surface area contributed by atoms with Gasteiger partial charge >= 0.3 is 11.9 Å². The van der Waals surface area contributed by atoms with E-state index in [1.54, 1.807) is 97.1 Å². The Labute approximate surface area is 224 Å². The fraction of sp³-hybridized carbons (Fsp3) is 0.0625. The van der Waals surface area contributed by atoms with Crippen molar-refractivity contribution in [1.29, 1.82) is 0 Å². The minimum Gasteiger partial charge on any atom is -0.457 e. The maximum Gasteiger partial charge on any atom is 0.343 e. The van der Waals surface area contributed by atoms with Crippen LogP contribution in [0.25, 0.3) is 0 Å². The summed E-state index contributed by atoms with van der Waals surface area (Å²) in [4.78, 5) is 24.8. The Morgan fingerprint density at radius 2 is 0.846 bits per heavy atom. The number of benzene rings is 4. The monoisotopic (exact) mass is 526 g/mol. The van der Waals surface area contributed by atoms with Crippen LogP contribution in [0.4, 0.5) is 8.78 Å². The van der Waals surface area contributed by atoms with E-state index in [0.29, 0.717) is 59.6 Å². The second-order valence-corrected chi connectivity index (χ2v) is 8.35. The lowest BCUT2D eigenvalue weighted by Crippen LogP contribution is -2.08. The zero-order valence-electron chi connectivity index (χ0n) is 20.8. The van der Waals surface area contributed by atoms with E-state index in [0.717, 1.165) is 11.1 Å². The number of carbonyl (C=O) groups is 2. The Balaban J connectivity index is 1.28. The van der Waals surface area contributed by atoms with Gasteiger partial charge in [-0.2, -0.15) is 0 Å². The van der Waals surface area contributed by atoms with Gasteiger partial charge in [-0.1, -0.05) is 36.4 Å². The van der Waals surface area contributed by atoms with Crippen LogP contribution in [-0.4, -0.2) is 11.9 Å². The number of esters is 2. The van der Waals surface area contributed by atoms with E-state index in [1.807, 2.05) is 0 Å². The molecule has 5 nitrogen and oxygen atoms in total. The van der Waals surface area contributed by atoms with Crippen molar-refractivity contribution in [3.63, 3.8) is 0 Å². The van der Waals surface area contributed by atoms with Gasteiger partial charge in [0.2, 0.25) is 0 Å². The molecule has 0 aromatic heterocycles. The van der Waals surface area contributed by atoms with Gasteiger partial charge in [-0.15, -0.1) is 0 Å². The number of hydrogen-bond donors (Lipinski definition) is 0. The summed E-state index contributed by atoms with van der Waals surface area (Å²) in [5, 5.41) is 0. The summed E-state index contributed by atoms with van der Waals surface area (Å²) in [6.07, 6.45) is 4.64. The van der Waals surface area contributed by atoms with Gasteiger partial charge < -0.3 is 14.2 Å². The SMILES string of the molecule is O=C(Oc1ccc(Oc2ccc(OC(=O)c3ccc(CC=CF)cc3)cc2)cc1)c1ccc(CC=CF)cc1. The zero-order valence-corrected chi connectivity index (χ0v) is 20.8. The van der Waals surface area contributed by atoms with Crippen molar-refractivity contribution in [3.8, 4) is 23.0 Å². The molecule has 0 aliphatic carbocycles. The molecule has 0 radical (unpaired) electrons. The molecule has 4 aromatic rings. The van der Waals surface area contributed by atoms with E-state index in [4.69, 9.17) is 14.2 Å². The number of halogens is 2. The average Bonchev–Trinajstić information content (AvgIpc) is 2.97. The Morgan fingerprint density at radius 3 is 1.18 bits per heavy atom. The van der Waals surface area contributed by atoms with Gasteiger partial charge in [-0.3, -0.25) is 0 Å². The van der Waals surface area contributed by atoms with Crippen LogP contribution < -0.4 is 14.2 Å². The van der Waals surface area contributed by atoms with Crippen molar-refractivity contribution in [2.24, 2.45) is 0 Å². The highest BCUT2D eigenvalue weighted by Crippen LogP contribution is 2.26. The third kappa shape index (κ3) is 7.97. The normalized spacial score (nSPS) is 11.0. The van der Waals surface area contributed by atoms with E-state index in [9.17, 15) is 18.4 Å². The van der Waals surface area contributed by atoms with Gasteiger partial charge in [0.15, 0.2) is 0 Å². The minimum absolute atomic E-state index is 0.353. The molecule has 0 atom stereocenters. The van der Waals surface area contributed by atoms with Crippen molar-refractivity contribution in [2.45, 2.75) is 12.8 Å². The molecule has 0 saturated heterocycles. The van der Waals surface area contributed by atoms with Crippen LogP contribution in [0.15, 0.2) is 122 Å². The summed E-state index contributed by atoms with van der Waals surface area (Å²) >= 11 is 0. The van der Waals surface area contributed by atoms with Crippen LogP contribution >= 0.6 is 0 Å². The van der Waals surface area contributed by atoms with E-state index < -0.39 is 11.9 Å². The van der Waals surface area contributed by atoms with Crippen molar-refractivity contribution >= 4 is 11.9 Å². The van der Waals surface area contributed by atoms with Gasteiger partial charge in [0.05, 0.1) is 23.8 Å². The Kier molecular flexibility index (Phi) is 9.34. The second-order valence-electron chi connectivity index (χ2n) is 8.35. The molecule has 7 heteroatoms. The standard InChI is InChI=1S/C32H24F2O5/c33-21-1-3-23-5-9-25(10-6-23)31(35)38-29-17-13-27(14-18-29)37-28-15-19-30(20-16-28)39-32(36)26-11-7-24(8-12-26)4-2-22-34/h1-2,5-22H,3-4H2. The maximum absolute atomic E-state index is 12.4. The van der Waals surface area contributed by atoms with Crippen LogP contribution in [0.5, 0.6) is 23.0 Å². The predicted molar refractivity (Wildman–Crippen MR) is 144 cm³/mol. The lowest BCUT2D eigenvalue weighted by Gasteiger charge is -2.09. The topological polar surface area (TPSA) is 61.8 Å². The number of carbonyl (C=O) groups excluding carboxylic acids is 2. The number of hydrogen-bond acceptors (Lipinski definition) is 5. The molecule has 0 aliphatic heterocycles. The molecule has 0 aliphatic rings. The highest BCUT2D eigenvalue weighted by atomic mass is 19.1. The lowest BCUT2D eigenvalue weighted by molar-refractivity contribution is 0.0725. The quantitative estimate of drug-likeness (QED) is 0.155. The average molecular weight is 527 g/mol. The molecule has 39 heavy (non-hydrogen) atoms. The van der Waals surface area contributed by atoms with E-state index in [1.165, 1.54) is 12.2 Å². The molecule has 196 valence electrons. The van der Waals surface area contributed by atoms with Gasteiger partial charge in [-0.05, 0) is 96.8 Å². The summed E-state index contributed by atoms with van der Waals surface area (Å²) in [7, 11) is 0. The first-order valence-corrected chi connectivity index (χ1v) is 12.0. The lowest BCUT2D eigenvalue weighted by atomic mass is 10.1. The molecule has 0 heterocycles. The van der Waals surface area contributed by atoms with Crippen LogP contribution in [0.2, 0.25) is 0 Å². The molecular weight excluding hydrogens is 502 g/mol. The largest absolute Gasteiger partial charge is 0.457 e. The molecule has 0 unspecified atom stereocenters. The van der Waals surface area contributed by atoms with E-state index in [-0.39, 0.29) is 0 Å². The summed E-state index contributed by atoms with van der Waals surface area (Å²) in [6.45, 7) is 0. The molecule has 4 aromatic carbocycles. The van der Waals surface area contributed by atoms with E-state index in [2.05, 4.69) is 0 Å². The fourth-order valence-corrected chi connectivity index (χ4v) is 3.53. The van der Waals surface area contributed by atoms with Gasteiger partial charge in [-0.25, -0.2) is 18.4 Å². The summed E-state index contributed by atoms with van der Waals surface area (Å²) in [5.74, 6) is 0.731. The molecule has 0 N–H and O–H groups in total. The number of allylic oxidation sites excluding steroid dienone is 2. The first-order chi connectivity index (χ1) is 19.0. The molecular formula is C32H24F2O5. The van der Waals surface area contributed by atoms with Crippen LogP contribution in [0.1, 0.15) is 31.8 Å². The summed E-state index contributed by atoms with van der Waals surface area (Å²) in [6, 6.07) is 26.6. The van der Waals surface area contributed by atoms with Gasteiger partial charge in [0.25, 0.3) is 0 Å².